The minimum Gasteiger partial charge on any atom is -0.453 e. The average Bonchev–Trinajstić information content (AvgIpc) is 2.61. The first-order valence-electron chi connectivity index (χ1n) is 4.81. The van der Waals surface area contributed by atoms with Crippen LogP contribution in [-0.4, -0.2) is 17.0 Å². The van der Waals surface area contributed by atoms with Crippen LogP contribution in [0.4, 0.5) is 0 Å². The van der Waals surface area contributed by atoms with E-state index in [2.05, 4.69) is 0 Å². The standard InChI is InChI=1S/C12H12O3/c1-7-4-3-5-9-6-10(15-12(7)9)11(14)8(2)13/h3-6,8,13H,1-2H3. The average molecular weight is 204 g/mol. The summed E-state index contributed by atoms with van der Waals surface area (Å²) in [6.07, 6.45) is -1.02. The van der Waals surface area contributed by atoms with Gasteiger partial charge in [0.15, 0.2) is 5.76 Å². The van der Waals surface area contributed by atoms with Crippen LogP contribution in [0.25, 0.3) is 11.0 Å². The lowest BCUT2D eigenvalue weighted by atomic mass is 10.1. The fourth-order valence-corrected chi connectivity index (χ4v) is 1.54. The minimum absolute atomic E-state index is 0.217. The van der Waals surface area contributed by atoms with E-state index in [0.29, 0.717) is 5.58 Å². The van der Waals surface area contributed by atoms with Gasteiger partial charge in [-0.05, 0) is 25.5 Å². The molecule has 15 heavy (non-hydrogen) atoms. The number of hydrogen-bond acceptors (Lipinski definition) is 3. The zero-order valence-corrected chi connectivity index (χ0v) is 8.65. The number of rotatable bonds is 2. The highest BCUT2D eigenvalue weighted by molar-refractivity contribution is 6.00. The van der Waals surface area contributed by atoms with Crippen LogP contribution in [0.2, 0.25) is 0 Å². The van der Waals surface area contributed by atoms with E-state index < -0.39 is 6.10 Å². The van der Waals surface area contributed by atoms with Crippen molar-refractivity contribution >= 4 is 16.8 Å². The molecule has 1 N–H and O–H groups in total. The maximum absolute atomic E-state index is 11.5. The van der Waals surface area contributed by atoms with E-state index in [1.54, 1.807) is 6.07 Å². The van der Waals surface area contributed by atoms with Gasteiger partial charge in [0.2, 0.25) is 5.78 Å². The molecule has 0 saturated carbocycles. The summed E-state index contributed by atoms with van der Waals surface area (Å²) in [5.41, 5.74) is 1.69. The van der Waals surface area contributed by atoms with Gasteiger partial charge < -0.3 is 9.52 Å². The molecule has 0 aliphatic rings. The van der Waals surface area contributed by atoms with Crippen molar-refractivity contribution in [1.29, 1.82) is 0 Å². The van der Waals surface area contributed by atoms with Gasteiger partial charge in [0.25, 0.3) is 0 Å². The molecule has 2 aromatic rings. The number of carbonyl (C=O) groups excluding carboxylic acids is 1. The zero-order chi connectivity index (χ0) is 11.0. The van der Waals surface area contributed by atoms with Gasteiger partial charge in [0.05, 0.1) is 0 Å². The third kappa shape index (κ3) is 1.66. The van der Waals surface area contributed by atoms with Crippen molar-refractivity contribution in [1.82, 2.24) is 0 Å². The van der Waals surface area contributed by atoms with Gasteiger partial charge in [-0.1, -0.05) is 18.2 Å². The molecular formula is C12H12O3. The Bertz CT molecular complexity index is 509. The van der Waals surface area contributed by atoms with Crippen LogP contribution in [0.1, 0.15) is 23.0 Å². The fourth-order valence-electron chi connectivity index (χ4n) is 1.54. The summed E-state index contributed by atoms with van der Waals surface area (Å²) in [4.78, 5) is 11.5. The third-order valence-corrected chi connectivity index (χ3v) is 2.36. The third-order valence-electron chi connectivity index (χ3n) is 2.36. The van der Waals surface area contributed by atoms with Gasteiger partial charge >= 0.3 is 0 Å². The van der Waals surface area contributed by atoms with Crippen molar-refractivity contribution in [3.63, 3.8) is 0 Å². The van der Waals surface area contributed by atoms with E-state index in [9.17, 15) is 4.79 Å². The van der Waals surface area contributed by atoms with E-state index >= 15 is 0 Å². The highest BCUT2D eigenvalue weighted by Gasteiger charge is 2.17. The van der Waals surface area contributed by atoms with Crippen molar-refractivity contribution in [2.24, 2.45) is 0 Å². The van der Waals surface area contributed by atoms with Crippen molar-refractivity contribution in [2.75, 3.05) is 0 Å². The molecule has 1 aromatic heterocycles. The molecule has 1 unspecified atom stereocenters. The van der Waals surface area contributed by atoms with Crippen molar-refractivity contribution in [3.05, 3.63) is 35.6 Å². The van der Waals surface area contributed by atoms with Crippen LogP contribution < -0.4 is 0 Å². The van der Waals surface area contributed by atoms with Gasteiger partial charge in [-0.3, -0.25) is 4.79 Å². The number of para-hydroxylation sites is 1. The predicted molar refractivity (Wildman–Crippen MR) is 57.0 cm³/mol. The number of benzene rings is 1. The molecule has 3 heteroatoms. The number of furan rings is 1. The Morgan fingerprint density at radius 3 is 2.80 bits per heavy atom. The maximum Gasteiger partial charge on any atom is 0.226 e. The van der Waals surface area contributed by atoms with Gasteiger partial charge in [0, 0.05) is 5.39 Å². The Balaban J connectivity index is 2.57. The smallest absolute Gasteiger partial charge is 0.226 e. The molecule has 1 aromatic carbocycles. The summed E-state index contributed by atoms with van der Waals surface area (Å²) >= 11 is 0. The quantitative estimate of drug-likeness (QED) is 0.763. The van der Waals surface area contributed by atoms with Gasteiger partial charge in [0.1, 0.15) is 11.7 Å². The monoisotopic (exact) mass is 204 g/mol. The Kier molecular flexibility index (Phi) is 2.32. The Hall–Kier alpha value is -1.61. The highest BCUT2D eigenvalue weighted by Crippen LogP contribution is 2.23. The number of carbonyl (C=O) groups is 1. The molecule has 0 aliphatic heterocycles. The summed E-state index contributed by atoms with van der Waals surface area (Å²) in [6, 6.07) is 7.37. The molecule has 0 aliphatic carbocycles. The molecule has 1 heterocycles. The SMILES string of the molecule is Cc1cccc2cc(C(=O)C(C)O)oc12. The Morgan fingerprint density at radius 2 is 2.20 bits per heavy atom. The molecule has 0 radical (unpaired) electrons. The molecule has 1 atom stereocenters. The Labute approximate surface area is 87.3 Å². The normalized spacial score (nSPS) is 13.0. The topological polar surface area (TPSA) is 50.4 Å². The van der Waals surface area contributed by atoms with Crippen molar-refractivity contribution < 1.29 is 14.3 Å². The predicted octanol–water partition coefficient (Wildman–Crippen LogP) is 2.30. The summed E-state index contributed by atoms with van der Waals surface area (Å²) in [5, 5.41) is 10.0. The van der Waals surface area contributed by atoms with E-state index in [0.717, 1.165) is 10.9 Å². The Morgan fingerprint density at radius 1 is 1.47 bits per heavy atom. The molecule has 0 amide bonds. The first-order valence-corrected chi connectivity index (χ1v) is 4.81. The van der Waals surface area contributed by atoms with Gasteiger partial charge in [-0.2, -0.15) is 0 Å². The fraction of sp³-hybridized carbons (Fsp3) is 0.250. The molecule has 2 rings (SSSR count). The second-order valence-electron chi connectivity index (χ2n) is 3.64. The van der Waals surface area contributed by atoms with Crippen LogP contribution in [0.3, 0.4) is 0 Å². The highest BCUT2D eigenvalue weighted by atomic mass is 16.4. The van der Waals surface area contributed by atoms with Crippen LogP contribution >= 0.6 is 0 Å². The lowest BCUT2D eigenvalue weighted by Crippen LogP contribution is -2.14. The summed E-state index contributed by atoms with van der Waals surface area (Å²) in [6.45, 7) is 3.35. The minimum atomic E-state index is -1.02. The number of fused-ring (bicyclic) bond motifs is 1. The number of aliphatic hydroxyl groups excluding tert-OH is 1. The molecular weight excluding hydrogens is 192 g/mol. The lowest BCUT2D eigenvalue weighted by molar-refractivity contribution is 0.0752. The van der Waals surface area contributed by atoms with Gasteiger partial charge in [-0.15, -0.1) is 0 Å². The maximum atomic E-state index is 11.5. The second-order valence-corrected chi connectivity index (χ2v) is 3.64. The first kappa shape index (κ1) is 9.93. The van der Waals surface area contributed by atoms with Crippen LogP contribution in [0.15, 0.2) is 28.7 Å². The van der Waals surface area contributed by atoms with E-state index in [1.165, 1.54) is 6.92 Å². The number of hydrogen-bond donors (Lipinski definition) is 1. The number of aliphatic hydroxyl groups is 1. The summed E-state index contributed by atoms with van der Waals surface area (Å²) in [7, 11) is 0. The zero-order valence-electron chi connectivity index (χ0n) is 8.65. The van der Waals surface area contributed by atoms with Crippen LogP contribution in [0, 0.1) is 6.92 Å². The molecule has 78 valence electrons. The molecule has 0 spiro atoms. The summed E-state index contributed by atoms with van der Waals surface area (Å²) in [5.74, 6) is -0.167. The van der Waals surface area contributed by atoms with Crippen molar-refractivity contribution in [2.45, 2.75) is 20.0 Å². The second kappa shape index (κ2) is 3.51. The number of aryl methyl sites for hydroxylation is 1. The first-order chi connectivity index (χ1) is 7.09. The van der Waals surface area contributed by atoms with Crippen molar-refractivity contribution in [3.8, 4) is 0 Å². The van der Waals surface area contributed by atoms with E-state index in [4.69, 9.17) is 9.52 Å². The van der Waals surface area contributed by atoms with Crippen LogP contribution in [-0.2, 0) is 0 Å². The summed E-state index contributed by atoms with van der Waals surface area (Å²) < 4.78 is 5.41. The van der Waals surface area contributed by atoms with Gasteiger partial charge in [-0.25, -0.2) is 0 Å². The molecule has 0 saturated heterocycles. The molecule has 3 nitrogen and oxygen atoms in total. The molecule has 0 fully saturated rings. The largest absolute Gasteiger partial charge is 0.453 e. The lowest BCUT2D eigenvalue weighted by Gasteiger charge is -1.97. The number of ketones is 1. The molecule has 0 bridgehead atoms. The van der Waals surface area contributed by atoms with E-state index in [-0.39, 0.29) is 11.5 Å². The number of Topliss-reactive ketones (excluding diaryl/α,β-unsaturated/α-hetero) is 1. The van der Waals surface area contributed by atoms with Crippen LogP contribution in [0.5, 0.6) is 0 Å². The van der Waals surface area contributed by atoms with E-state index in [1.807, 2.05) is 25.1 Å².